The lowest BCUT2D eigenvalue weighted by molar-refractivity contribution is -0.143. The van der Waals surface area contributed by atoms with Crippen LogP contribution >= 0.6 is 0 Å². The van der Waals surface area contributed by atoms with Crippen LogP contribution in [0.25, 0.3) is 0 Å². The molecule has 25 heavy (non-hydrogen) atoms. The van der Waals surface area contributed by atoms with Gasteiger partial charge in [0.2, 0.25) is 5.91 Å². The van der Waals surface area contributed by atoms with E-state index >= 15 is 0 Å². The summed E-state index contributed by atoms with van der Waals surface area (Å²) in [4.78, 5) is 26.4. The second-order valence-corrected chi connectivity index (χ2v) is 6.29. The summed E-state index contributed by atoms with van der Waals surface area (Å²) in [5.74, 6) is -0.332. The molecular weight excluding hydrogens is 324 g/mol. The van der Waals surface area contributed by atoms with E-state index in [9.17, 15) is 9.59 Å². The first kappa shape index (κ1) is 19.4. The van der Waals surface area contributed by atoms with Gasteiger partial charge in [0, 0.05) is 20.8 Å². The number of nitrogens with zero attached hydrogens (tertiary/aromatic N) is 3. The summed E-state index contributed by atoms with van der Waals surface area (Å²) in [5.41, 5.74) is 2.32. The van der Waals surface area contributed by atoms with Gasteiger partial charge in [0.1, 0.15) is 6.10 Å². The second kappa shape index (κ2) is 8.96. The minimum atomic E-state index is -0.449. The third kappa shape index (κ3) is 4.79. The van der Waals surface area contributed by atoms with Crippen molar-refractivity contribution in [2.75, 3.05) is 39.2 Å². The molecule has 1 atom stereocenters. The van der Waals surface area contributed by atoms with Crippen LogP contribution in [0.1, 0.15) is 30.7 Å². The number of amides is 2. The standard InChI is InChI=1S/C17H28N4O4/c1-12-16(13(2)21(19-12)9-10-24-3)18-15(22)11-20-8-6-5-7-14(25-4)17(20)23/h14H,5-11H2,1-4H3,(H,18,22). The summed E-state index contributed by atoms with van der Waals surface area (Å²) in [7, 11) is 3.17. The van der Waals surface area contributed by atoms with E-state index in [-0.39, 0.29) is 18.4 Å². The third-order valence-electron chi connectivity index (χ3n) is 4.50. The van der Waals surface area contributed by atoms with Crippen LogP contribution in [0.4, 0.5) is 5.69 Å². The Balaban J connectivity index is 2.02. The largest absolute Gasteiger partial charge is 0.383 e. The van der Waals surface area contributed by atoms with Gasteiger partial charge < -0.3 is 19.7 Å². The molecule has 8 nitrogen and oxygen atoms in total. The van der Waals surface area contributed by atoms with E-state index in [0.29, 0.717) is 31.8 Å². The Hall–Kier alpha value is -1.93. The molecule has 2 heterocycles. The van der Waals surface area contributed by atoms with Crippen molar-refractivity contribution in [2.45, 2.75) is 45.8 Å². The van der Waals surface area contributed by atoms with Gasteiger partial charge in [-0.25, -0.2) is 0 Å². The summed E-state index contributed by atoms with van der Waals surface area (Å²) in [5, 5.41) is 7.32. The third-order valence-corrected chi connectivity index (χ3v) is 4.50. The first-order valence-corrected chi connectivity index (χ1v) is 8.62. The number of rotatable bonds is 7. The normalized spacial score (nSPS) is 18.3. The van der Waals surface area contributed by atoms with Crippen molar-refractivity contribution in [2.24, 2.45) is 0 Å². The maximum atomic E-state index is 12.5. The van der Waals surface area contributed by atoms with E-state index in [1.807, 2.05) is 18.5 Å². The first-order chi connectivity index (χ1) is 12.0. The number of hydrogen-bond acceptors (Lipinski definition) is 5. The van der Waals surface area contributed by atoms with E-state index in [4.69, 9.17) is 9.47 Å². The highest BCUT2D eigenvalue weighted by atomic mass is 16.5. The minimum absolute atomic E-state index is 0.0286. The maximum absolute atomic E-state index is 12.5. The van der Waals surface area contributed by atoms with Crippen molar-refractivity contribution in [1.82, 2.24) is 14.7 Å². The lowest BCUT2D eigenvalue weighted by atomic mass is 10.2. The van der Waals surface area contributed by atoms with Gasteiger partial charge in [0.25, 0.3) is 5.91 Å². The number of methoxy groups -OCH3 is 2. The molecule has 1 aromatic rings. The van der Waals surface area contributed by atoms with Gasteiger partial charge in [-0.2, -0.15) is 5.10 Å². The van der Waals surface area contributed by atoms with Crippen LogP contribution in [0.3, 0.4) is 0 Å². The Morgan fingerprint density at radius 2 is 2.08 bits per heavy atom. The highest BCUT2D eigenvalue weighted by Gasteiger charge is 2.28. The lowest BCUT2D eigenvalue weighted by Gasteiger charge is -2.23. The van der Waals surface area contributed by atoms with Gasteiger partial charge in [-0.15, -0.1) is 0 Å². The van der Waals surface area contributed by atoms with Crippen LogP contribution in [0, 0.1) is 13.8 Å². The van der Waals surface area contributed by atoms with Gasteiger partial charge >= 0.3 is 0 Å². The quantitative estimate of drug-likeness (QED) is 0.794. The van der Waals surface area contributed by atoms with E-state index in [2.05, 4.69) is 10.4 Å². The highest BCUT2D eigenvalue weighted by molar-refractivity contribution is 5.96. The van der Waals surface area contributed by atoms with Gasteiger partial charge in [0.15, 0.2) is 0 Å². The number of likely N-dealkylation sites (tertiary alicyclic amines) is 1. The first-order valence-electron chi connectivity index (χ1n) is 8.62. The molecule has 0 saturated carbocycles. The molecule has 8 heteroatoms. The fourth-order valence-corrected chi connectivity index (χ4v) is 3.07. The second-order valence-electron chi connectivity index (χ2n) is 6.29. The summed E-state index contributed by atoms with van der Waals surface area (Å²) < 4.78 is 12.1. The highest BCUT2D eigenvalue weighted by Crippen LogP contribution is 2.20. The molecule has 0 aromatic carbocycles. The SMILES string of the molecule is COCCn1nc(C)c(NC(=O)CN2CCCCC(OC)C2=O)c1C. The fourth-order valence-electron chi connectivity index (χ4n) is 3.07. The molecule has 140 valence electrons. The summed E-state index contributed by atoms with van der Waals surface area (Å²) >= 11 is 0. The molecular formula is C17H28N4O4. The summed E-state index contributed by atoms with van der Waals surface area (Å²) in [6.07, 6.45) is 2.06. The Morgan fingerprint density at radius 1 is 1.32 bits per heavy atom. The van der Waals surface area contributed by atoms with Crippen LogP contribution < -0.4 is 5.32 Å². The number of anilines is 1. The molecule has 2 rings (SSSR count). The van der Waals surface area contributed by atoms with Gasteiger partial charge in [-0.1, -0.05) is 0 Å². The molecule has 1 unspecified atom stereocenters. The zero-order valence-electron chi connectivity index (χ0n) is 15.5. The van der Waals surface area contributed by atoms with Crippen molar-refractivity contribution in [3.8, 4) is 0 Å². The molecule has 1 aliphatic heterocycles. The number of ether oxygens (including phenoxy) is 2. The molecule has 2 amide bonds. The number of nitrogens with one attached hydrogen (secondary N) is 1. The molecule has 0 spiro atoms. The molecule has 1 aromatic heterocycles. The van der Waals surface area contributed by atoms with Crippen LogP contribution in [0.2, 0.25) is 0 Å². The molecule has 1 fully saturated rings. The van der Waals surface area contributed by atoms with E-state index < -0.39 is 6.10 Å². The Kier molecular flexibility index (Phi) is 6.95. The Labute approximate surface area is 148 Å². The average Bonchev–Trinajstić information content (AvgIpc) is 2.74. The molecule has 1 saturated heterocycles. The van der Waals surface area contributed by atoms with Crippen molar-refractivity contribution in [3.05, 3.63) is 11.4 Å². The number of carbonyl (C=O) groups excluding carboxylic acids is 2. The Bertz CT molecular complexity index is 614. The zero-order chi connectivity index (χ0) is 18.4. The minimum Gasteiger partial charge on any atom is -0.383 e. The van der Waals surface area contributed by atoms with Crippen molar-refractivity contribution in [3.63, 3.8) is 0 Å². The van der Waals surface area contributed by atoms with Gasteiger partial charge in [-0.3, -0.25) is 14.3 Å². The fraction of sp³-hybridized carbons (Fsp3) is 0.706. The van der Waals surface area contributed by atoms with Crippen LogP contribution in [-0.4, -0.2) is 66.5 Å². The number of aryl methyl sites for hydroxylation is 1. The van der Waals surface area contributed by atoms with E-state index in [1.165, 1.54) is 7.11 Å². The number of carbonyl (C=O) groups is 2. The number of hydrogen-bond donors (Lipinski definition) is 1. The van der Waals surface area contributed by atoms with Crippen LogP contribution in [0.5, 0.6) is 0 Å². The van der Waals surface area contributed by atoms with Crippen molar-refractivity contribution < 1.29 is 19.1 Å². The van der Waals surface area contributed by atoms with Crippen molar-refractivity contribution >= 4 is 17.5 Å². The molecule has 1 N–H and O–H groups in total. The average molecular weight is 352 g/mol. The van der Waals surface area contributed by atoms with Crippen LogP contribution in [0.15, 0.2) is 0 Å². The van der Waals surface area contributed by atoms with Gasteiger partial charge in [-0.05, 0) is 33.1 Å². The smallest absolute Gasteiger partial charge is 0.252 e. The predicted molar refractivity (Wildman–Crippen MR) is 93.4 cm³/mol. The molecule has 1 aliphatic rings. The zero-order valence-corrected chi connectivity index (χ0v) is 15.5. The lowest BCUT2D eigenvalue weighted by Crippen LogP contribution is -2.43. The van der Waals surface area contributed by atoms with Gasteiger partial charge in [0.05, 0.1) is 36.8 Å². The molecule has 0 aliphatic carbocycles. The van der Waals surface area contributed by atoms with E-state index in [1.54, 1.807) is 12.0 Å². The maximum Gasteiger partial charge on any atom is 0.252 e. The summed E-state index contributed by atoms with van der Waals surface area (Å²) in [6, 6.07) is 0. The van der Waals surface area contributed by atoms with Crippen LogP contribution in [-0.2, 0) is 25.6 Å². The van der Waals surface area contributed by atoms with E-state index in [0.717, 1.165) is 24.2 Å². The number of aromatic nitrogens is 2. The predicted octanol–water partition coefficient (Wildman–Crippen LogP) is 1.11. The monoisotopic (exact) mass is 352 g/mol. The molecule has 0 bridgehead atoms. The summed E-state index contributed by atoms with van der Waals surface area (Å²) in [6.45, 7) is 5.54. The van der Waals surface area contributed by atoms with Crippen molar-refractivity contribution in [1.29, 1.82) is 0 Å². The Morgan fingerprint density at radius 3 is 2.76 bits per heavy atom. The molecule has 0 radical (unpaired) electrons. The topological polar surface area (TPSA) is 85.7 Å².